The first kappa shape index (κ1) is 13.4. The van der Waals surface area contributed by atoms with Gasteiger partial charge in [0, 0.05) is 12.0 Å². The van der Waals surface area contributed by atoms with Crippen molar-refractivity contribution in [3.8, 4) is 6.07 Å². The lowest BCUT2D eigenvalue weighted by atomic mass is 10.1. The van der Waals surface area contributed by atoms with Crippen molar-refractivity contribution < 1.29 is 13.8 Å². The quantitative estimate of drug-likeness (QED) is 0.615. The molecule has 1 aliphatic heterocycles. The maximum Gasteiger partial charge on any atom is 0.240 e. The van der Waals surface area contributed by atoms with E-state index in [0.29, 0.717) is 22.6 Å². The second-order valence-corrected chi connectivity index (χ2v) is 5.51. The van der Waals surface area contributed by atoms with Gasteiger partial charge in [-0.25, -0.2) is 0 Å². The SMILES string of the molecule is CCC(=O)c1ccc2c(c1)N(CC#N)C(=O)CS2=O. The molecule has 0 saturated heterocycles. The predicted molar refractivity (Wildman–Crippen MR) is 70.3 cm³/mol. The van der Waals surface area contributed by atoms with Gasteiger partial charge in [-0.2, -0.15) is 5.26 Å². The largest absolute Gasteiger partial charge is 0.297 e. The van der Waals surface area contributed by atoms with E-state index in [4.69, 9.17) is 5.26 Å². The van der Waals surface area contributed by atoms with Crippen molar-refractivity contribution in [3.63, 3.8) is 0 Å². The van der Waals surface area contributed by atoms with Crippen LogP contribution in [0.15, 0.2) is 23.1 Å². The molecule has 0 fully saturated rings. The highest BCUT2D eigenvalue weighted by Crippen LogP contribution is 2.30. The third-order valence-electron chi connectivity index (χ3n) is 2.92. The van der Waals surface area contributed by atoms with E-state index in [1.165, 1.54) is 4.90 Å². The zero-order valence-corrected chi connectivity index (χ0v) is 11.2. The number of hydrogen-bond acceptors (Lipinski definition) is 4. The highest BCUT2D eigenvalue weighted by molar-refractivity contribution is 7.86. The molecule has 1 aliphatic rings. The second-order valence-electron chi connectivity index (χ2n) is 4.09. The van der Waals surface area contributed by atoms with Gasteiger partial charge >= 0.3 is 0 Å². The second kappa shape index (κ2) is 5.33. The summed E-state index contributed by atoms with van der Waals surface area (Å²) in [4.78, 5) is 25.3. The molecule has 2 rings (SSSR count). The van der Waals surface area contributed by atoms with Crippen LogP contribution in [0.25, 0.3) is 0 Å². The fourth-order valence-electron chi connectivity index (χ4n) is 1.94. The number of amides is 1. The lowest BCUT2D eigenvalue weighted by Gasteiger charge is -2.27. The van der Waals surface area contributed by atoms with Crippen molar-refractivity contribution in [2.75, 3.05) is 17.2 Å². The van der Waals surface area contributed by atoms with E-state index in [1.54, 1.807) is 25.1 Å². The zero-order valence-electron chi connectivity index (χ0n) is 10.4. The highest BCUT2D eigenvalue weighted by Gasteiger charge is 2.29. The molecule has 0 spiro atoms. The molecule has 0 saturated carbocycles. The maximum absolute atomic E-state index is 11.9. The molecule has 1 unspecified atom stereocenters. The number of carbonyl (C=O) groups excluding carboxylic acids is 2. The van der Waals surface area contributed by atoms with Gasteiger partial charge in [0.1, 0.15) is 12.3 Å². The van der Waals surface area contributed by atoms with E-state index < -0.39 is 10.8 Å². The van der Waals surface area contributed by atoms with Gasteiger partial charge in [-0.15, -0.1) is 0 Å². The van der Waals surface area contributed by atoms with Gasteiger partial charge in [-0.05, 0) is 12.1 Å². The number of nitriles is 1. The number of anilines is 1. The summed E-state index contributed by atoms with van der Waals surface area (Å²) in [5.74, 6) is -0.521. The van der Waals surface area contributed by atoms with E-state index in [1.807, 2.05) is 6.07 Å². The van der Waals surface area contributed by atoms with E-state index in [0.717, 1.165) is 0 Å². The molecule has 0 radical (unpaired) electrons. The van der Waals surface area contributed by atoms with E-state index in [2.05, 4.69) is 0 Å². The van der Waals surface area contributed by atoms with Gasteiger partial charge in [0.25, 0.3) is 0 Å². The van der Waals surface area contributed by atoms with Gasteiger partial charge in [-0.1, -0.05) is 13.0 Å². The van der Waals surface area contributed by atoms with Crippen molar-refractivity contribution >= 4 is 28.2 Å². The summed E-state index contributed by atoms with van der Waals surface area (Å²) in [6.07, 6.45) is 0.355. The monoisotopic (exact) mass is 276 g/mol. The number of hydrogen-bond donors (Lipinski definition) is 0. The molecule has 6 heteroatoms. The first-order chi connectivity index (χ1) is 9.08. The fourth-order valence-corrected chi connectivity index (χ4v) is 3.10. The van der Waals surface area contributed by atoms with Crippen LogP contribution in [0.3, 0.4) is 0 Å². The molecule has 98 valence electrons. The first-order valence-electron chi connectivity index (χ1n) is 5.81. The van der Waals surface area contributed by atoms with Gasteiger partial charge in [0.05, 0.1) is 27.5 Å². The minimum atomic E-state index is -1.40. The summed E-state index contributed by atoms with van der Waals surface area (Å²) in [6.45, 7) is 1.64. The van der Waals surface area contributed by atoms with Crippen molar-refractivity contribution in [1.82, 2.24) is 0 Å². The van der Waals surface area contributed by atoms with Crippen molar-refractivity contribution in [2.24, 2.45) is 0 Å². The molecular formula is C13H12N2O3S. The van der Waals surface area contributed by atoms with Crippen LogP contribution in [0.4, 0.5) is 5.69 Å². The Morgan fingerprint density at radius 2 is 2.26 bits per heavy atom. The molecule has 1 aromatic carbocycles. The minimum Gasteiger partial charge on any atom is -0.297 e. The number of Topliss-reactive ketones (excluding diaryl/α,β-unsaturated/α-hetero) is 1. The van der Waals surface area contributed by atoms with E-state index >= 15 is 0 Å². The van der Waals surface area contributed by atoms with Crippen LogP contribution in [0.5, 0.6) is 0 Å². The summed E-state index contributed by atoms with van der Waals surface area (Å²) in [6, 6.07) is 6.67. The van der Waals surface area contributed by atoms with Gasteiger partial charge in [0.2, 0.25) is 5.91 Å². The van der Waals surface area contributed by atoms with E-state index in [-0.39, 0.29) is 24.0 Å². The number of benzene rings is 1. The topological polar surface area (TPSA) is 78.2 Å². The minimum absolute atomic E-state index is 0.0523. The number of carbonyl (C=O) groups is 2. The summed E-state index contributed by atoms with van der Waals surface area (Å²) < 4.78 is 11.9. The third-order valence-corrected chi connectivity index (χ3v) is 4.27. The molecule has 5 nitrogen and oxygen atoms in total. The van der Waals surface area contributed by atoms with Crippen molar-refractivity contribution in [3.05, 3.63) is 23.8 Å². The molecular weight excluding hydrogens is 264 g/mol. The molecule has 1 atom stereocenters. The molecule has 0 aliphatic carbocycles. The Bertz CT molecular complexity index is 619. The molecule has 1 amide bonds. The lowest BCUT2D eigenvalue weighted by Crippen LogP contribution is -2.39. The predicted octanol–water partition coefficient (Wildman–Crippen LogP) is 1.26. The van der Waals surface area contributed by atoms with Crippen LogP contribution in [0.2, 0.25) is 0 Å². The van der Waals surface area contributed by atoms with Crippen LogP contribution < -0.4 is 4.90 Å². The standard InChI is InChI=1S/C13H12N2O3S/c1-2-11(16)9-3-4-12-10(7-9)15(6-5-14)13(17)8-19(12)18/h3-4,7H,2,6,8H2,1H3. The number of ketones is 1. The third kappa shape index (κ3) is 2.42. The average Bonchev–Trinajstić information content (AvgIpc) is 2.42. The van der Waals surface area contributed by atoms with Crippen LogP contribution in [0.1, 0.15) is 23.7 Å². The molecule has 0 aromatic heterocycles. The van der Waals surface area contributed by atoms with Crippen molar-refractivity contribution in [2.45, 2.75) is 18.2 Å². The summed E-state index contributed by atoms with van der Waals surface area (Å²) in [5, 5.41) is 8.77. The van der Waals surface area contributed by atoms with Crippen LogP contribution in [-0.2, 0) is 15.6 Å². The Hall–Kier alpha value is -2.00. The molecule has 19 heavy (non-hydrogen) atoms. The zero-order chi connectivity index (χ0) is 14.0. The summed E-state index contributed by atoms with van der Waals surface area (Å²) >= 11 is 0. The van der Waals surface area contributed by atoms with Crippen molar-refractivity contribution in [1.29, 1.82) is 5.26 Å². The normalized spacial score (nSPS) is 17.8. The van der Waals surface area contributed by atoms with Crippen LogP contribution in [0, 0.1) is 11.3 Å². The summed E-state index contributed by atoms with van der Waals surface area (Å²) in [7, 11) is -1.40. The van der Waals surface area contributed by atoms with Crippen LogP contribution >= 0.6 is 0 Å². The Morgan fingerprint density at radius 3 is 2.89 bits per heavy atom. The Balaban J connectivity index is 2.55. The number of nitrogens with zero attached hydrogens (tertiary/aromatic N) is 2. The smallest absolute Gasteiger partial charge is 0.240 e. The molecule has 1 heterocycles. The summed E-state index contributed by atoms with van der Waals surface area (Å²) in [5.41, 5.74) is 0.881. The Kier molecular flexibility index (Phi) is 3.76. The molecule has 1 aromatic rings. The number of rotatable bonds is 3. The van der Waals surface area contributed by atoms with Gasteiger partial charge in [0.15, 0.2) is 5.78 Å². The highest BCUT2D eigenvalue weighted by atomic mass is 32.2. The number of fused-ring (bicyclic) bond motifs is 1. The first-order valence-corrected chi connectivity index (χ1v) is 7.13. The van der Waals surface area contributed by atoms with E-state index in [9.17, 15) is 13.8 Å². The maximum atomic E-state index is 11.9. The average molecular weight is 276 g/mol. The van der Waals surface area contributed by atoms with Gasteiger partial charge in [-0.3, -0.25) is 18.7 Å². The fraction of sp³-hybridized carbons (Fsp3) is 0.308. The van der Waals surface area contributed by atoms with Crippen LogP contribution in [-0.4, -0.2) is 28.2 Å². The lowest BCUT2D eigenvalue weighted by molar-refractivity contribution is -0.116. The molecule has 0 N–H and O–H groups in total. The Morgan fingerprint density at radius 1 is 1.53 bits per heavy atom. The molecule has 0 bridgehead atoms. The van der Waals surface area contributed by atoms with Gasteiger partial charge < -0.3 is 0 Å². The Labute approximate surface area is 113 Å².